The molecule has 8 aromatic carbocycles. The number of hydrogen-bond acceptors (Lipinski definition) is 1. The predicted octanol–water partition coefficient (Wildman–Crippen LogP) is 13.1. The van der Waals surface area contributed by atoms with E-state index in [2.05, 4.69) is 206 Å². The van der Waals surface area contributed by atoms with Crippen LogP contribution in [0.5, 0.6) is 0 Å². The summed E-state index contributed by atoms with van der Waals surface area (Å²) >= 11 is 0. The number of fused-ring (bicyclic) bond motifs is 10. The molecule has 0 unspecified atom stereocenters. The second-order valence-electron chi connectivity index (χ2n) is 13.7. The van der Waals surface area contributed by atoms with Gasteiger partial charge in [0, 0.05) is 16.9 Å². The maximum absolute atomic E-state index is 2.49. The highest BCUT2D eigenvalue weighted by molar-refractivity contribution is 5.97. The molecule has 8 aromatic rings. The molecule has 0 N–H and O–H groups in total. The Labute approximate surface area is 299 Å². The zero-order valence-corrected chi connectivity index (χ0v) is 28.4. The van der Waals surface area contributed by atoms with Gasteiger partial charge in [0.2, 0.25) is 0 Å². The lowest BCUT2D eigenvalue weighted by atomic mass is 9.70. The van der Waals surface area contributed by atoms with Gasteiger partial charge in [0.25, 0.3) is 0 Å². The fourth-order valence-electron chi connectivity index (χ4n) is 8.88. The van der Waals surface area contributed by atoms with Crippen LogP contribution in [0.4, 0.5) is 17.1 Å². The molecule has 0 aliphatic heterocycles. The zero-order chi connectivity index (χ0) is 33.9. The standard InChI is InChI=1S/C50H35N/c1-34-32-37(35-16-4-2-5-17-35)28-31-48(34)51(49-27-15-11-20-39(49)36-18-6-3-7-19-36)38-29-30-43-42-23-10-14-26-46(42)50(47(43)33-38)44-24-12-8-21-40(44)41-22-9-13-25-45(41)50/h2-33H,1H3. The van der Waals surface area contributed by atoms with Gasteiger partial charge in [-0.25, -0.2) is 0 Å². The Hall–Kier alpha value is -6.44. The van der Waals surface area contributed by atoms with E-state index in [1.165, 1.54) is 72.3 Å². The number of rotatable bonds is 5. The lowest BCUT2D eigenvalue weighted by Gasteiger charge is -2.33. The molecule has 0 bridgehead atoms. The van der Waals surface area contributed by atoms with Crippen LogP contribution in [0.1, 0.15) is 27.8 Å². The van der Waals surface area contributed by atoms with Gasteiger partial charge in [-0.15, -0.1) is 0 Å². The molecule has 2 aliphatic carbocycles. The summed E-state index contributed by atoms with van der Waals surface area (Å²) in [5.41, 5.74) is 19.7. The minimum Gasteiger partial charge on any atom is -0.310 e. The molecule has 0 saturated heterocycles. The van der Waals surface area contributed by atoms with Crippen molar-refractivity contribution in [1.82, 2.24) is 0 Å². The first kappa shape index (κ1) is 29.5. The van der Waals surface area contributed by atoms with E-state index in [0.717, 1.165) is 17.1 Å². The fraction of sp³-hybridized carbons (Fsp3) is 0.0400. The van der Waals surface area contributed by atoms with E-state index < -0.39 is 5.41 Å². The number of aryl methyl sites for hydroxylation is 1. The van der Waals surface area contributed by atoms with Gasteiger partial charge in [0.05, 0.1) is 11.1 Å². The topological polar surface area (TPSA) is 3.24 Å². The normalized spacial score (nSPS) is 13.0. The van der Waals surface area contributed by atoms with Crippen LogP contribution in [0, 0.1) is 6.92 Å². The van der Waals surface area contributed by atoms with Crippen molar-refractivity contribution in [2.75, 3.05) is 4.90 Å². The summed E-state index contributed by atoms with van der Waals surface area (Å²) in [6.45, 7) is 2.24. The molecule has 0 fully saturated rings. The molecule has 0 radical (unpaired) electrons. The SMILES string of the molecule is Cc1cc(-c2ccccc2)ccc1N(c1ccc2c(c1)C1(c3ccccc3-c3ccccc31)c1ccccc1-2)c1ccccc1-c1ccccc1. The molecule has 2 aliphatic rings. The first-order valence-electron chi connectivity index (χ1n) is 17.8. The summed E-state index contributed by atoms with van der Waals surface area (Å²) in [5, 5.41) is 0. The average Bonchev–Trinajstić information content (AvgIpc) is 3.67. The molecule has 1 spiro atoms. The lowest BCUT2D eigenvalue weighted by molar-refractivity contribution is 0.793. The third-order valence-corrected chi connectivity index (χ3v) is 11.0. The van der Waals surface area contributed by atoms with Gasteiger partial charge in [-0.1, -0.05) is 164 Å². The molecule has 0 amide bonds. The maximum atomic E-state index is 2.49. The lowest BCUT2D eigenvalue weighted by Crippen LogP contribution is -2.26. The quantitative estimate of drug-likeness (QED) is 0.179. The van der Waals surface area contributed by atoms with E-state index in [1.54, 1.807) is 0 Å². The Bertz CT molecular complexity index is 2530. The molecule has 240 valence electrons. The number of benzene rings is 8. The van der Waals surface area contributed by atoms with Gasteiger partial charge in [-0.3, -0.25) is 0 Å². The minimum atomic E-state index is -0.411. The molecular formula is C50H35N. The van der Waals surface area contributed by atoms with E-state index in [-0.39, 0.29) is 0 Å². The molecule has 10 rings (SSSR count). The largest absolute Gasteiger partial charge is 0.310 e. The van der Waals surface area contributed by atoms with Crippen LogP contribution in [0.2, 0.25) is 0 Å². The molecule has 1 nitrogen and oxygen atoms in total. The number of hydrogen-bond donors (Lipinski definition) is 0. The van der Waals surface area contributed by atoms with Gasteiger partial charge in [0.1, 0.15) is 0 Å². The van der Waals surface area contributed by atoms with Crippen molar-refractivity contribution < 1.29 is 0 Å². The summed E-state index contributed by atoms with van der Waals surface area (Å²) in [5.74, 6) is 0. The van der Waals surface area contributed by atoms with E-state index in [1.807, 2.05) is 0 Å². The number of para-hydroxylation sites is 1. The Kier molecular flexibility index (Phi) is 6.69. The van der Waals surface area contributed by atoms with Gasteiger partial charge in [0.15, 0.2) is 0 Å². The highest BCUT2D eigenvalue weighted by Gasteiger charge is 2.51. The van der Waals surface area contributed by atoms with Crippen LogP contribution in [0.25, 0.3) is 44.5 Å². The van der Waals surface area contributed by atoms with Crippen LogP contribution < -0.4 is 4.90 Å². The van der Waals surface area contributed by atoms with Crippen LogP contribution in [0.15, 0.2) is 194 Å². The summed E-state index contributed by atoms with van der Waals surface area (Å²) in [6, 6.07) is 71.5. The van der Waals surface area contributed by atoms with Gasteiger partial charge in [-0.2, -0.15) is 0 Å². The van der Waals surface area contributed by atoms with E-state index in [9.17, 15) is 0 Å². The smallest absolute Gasteiger partial charge is 0.0726 e. The van der Waals surface area contributed by atoms with Crippen molar-refractivity contribution in [1.29, 1.82) is 0 Å². The molecule has 0 heterocycles. The summed E-state index contributed by atoms with van der Waals surface area (Å²) in [4.78, 5) is 2.48. The van der Waals surface area contributed by atoms with Crippen molar-refractivity contribution in [2.45, 2.75) is 12.3 Å². The highest BCUT2D eigenvalue weighted by atomic mass is 15.1. The van der Waals surface area contributed by atoms with Crippen LogP contribution in [-0.2, 0) is 5.41 Å². The van der Waals surface area contributed by atoms with Gasteiger partial charge < -0.3 is 4.90 Å². The summed E-state index contributed by atoms with van der Waals surface area (Å²) in [6.07, 6.45) is 0. The van der Waals surface area contributed by atoms with E-state index >= 15 is 0 Å². The maximum Gasteiger partial charge on any atom is 0.0726 e. The van der Waals surface area contributed by atoms with Gasteiger partial charge in [-0.05, 0) is 104 Å². The van der Waals surface area contributed by atoms with Crippen LogP contribution in [0.3, 0.4) is 0 Å². The summed E-state index contributed by atoms with van der Waals surface area (Å²) in [7, 11) is 0. The Morgan fingerprint density at radius 1 is 0.333 bits per heavy atom. The number of anilines is 3. The molecule has 0 aromatic heterocycles. The van der Waals surface area contributed by atoms with Crippen molar-refractivity contribution >= 4 is 17.1 Å². The molecular weight excluding hydrogens is 615 g/mol. The van der Waals surface area contributed by atoms with Crippen LogP contribution in [-0.4, -0.2) is 0 Å². The third kappa shape index (κ3) is 4.35. The second-order valence-corrected chi connectivity index (χ2v) is 13.7. The van der Waals surface area contributed by atoms with E-state index in [4.69, 9.17) is 0 Å². The van der Waals surface area contributed by atoms with Crippen molar-refractivity contribution in [3.8, 4) is 44.5 Å². The zero-order valence-electron chi connectivity index (χ0n) is 28.4. The summed E-state index contributed by atoms with van der Waals surface area (Å²) < 4.78 is 0. The Morgan fingerprint density at radius 2 is 0.824 bits per heavy atom. The fourth-order valence-corrected chi connectivity index (χ4v) is 8.88. The Morgan fingerprint density at radius 3 is 1.41 bits per heavy atom. The monoisotopic (exact) mass is 649 g/mol. The minimum absolute atomic E-state index is 0.411. The highest BCUT2D eigenvalue weighted by Crippen LogP contribution is 2.63. The van der Waals surface area contributed by atoms with Crippen molar-refractivity contribution in [2.24, 2.45) is 0 Å². The number of nitrogens with zero attached hydrogens (tertiary/aromatic N) is 1. The third-order valence-electron chi connectivity index (χ3n) is 11.0. The predicted molar refractivity (Wildman–Crippen MR) is 213 cm³/mol. The van der Waals surface area contributed by atoms with E-state index in [0.29, 0.717) is 0 Å². The van der Waals surface area contributed by atoms with Crippen molar-refractivity contribution in [3.63, 3.8) is 0 Å². The second kappa shape index (κ2) is 11.6. The average molecular weight is 650 g/mol. The molecule has 1 heteroatoms. The Balaban J connectivity index is 1.25. The molecule has 51 heavy (non-hydrogen) atoms. The van der Waals surface area contributed by atoms with Crippen molar-refractivity contribution in [3.05, 3.63) is 222 Å². The molecule has 0 saturated carbocycles. The first-order chi connectivity index (χ1) is 25.2. The molecule has 0 atom stereocenters. The van der Waals surface area contributed by atoms with Crippen LogP contribution >= 0.6 is 0 Å². The first-order valence-corrected chi connectivity index (χ1v) is 17.8. The van der Waals surface area contributed by atoms with Gasteiger partial charge >= 0.3 is 0 Å².